The van der Waals surface area contributed by atoms with E-state index in [0.717, 1.165) is 10.1 Å². The molecule has 128 valence electrons. The molecule has 3 aromatic rings. The third-order valence-corrected chi connectivity index (χ3v) is 5.79. The van der Waals surface area contributed by atoms with Crippen LogP contribution in [0.5, 0.6) is 0 Å². The molecule has 2 N–H and O–H groups in total. The second-order valence-electron chi connectivity index (χ2n) is 4.92. The highest BCUT2D eigenvalue weighted by Gasteiger charge is 2.18. The molecule has 1 heterocycles. The quantitative estimate of drug-likeness (QED) is 0.429. The summed E-state index contributed by atoms with van der Waals surface area (Å²) in [5.41, 5.74) is 0.155. The van der Waals surface area contributed by atoms with Gasteiger partial charge in [-0.05, 0) is 42.5 Å². The summed E-state index contributed by atoms with van der Waals surface area (Å²) in [6.45, 7) is 0. The van der Waals surface area contributed by atoms with E-state index in [2.05, 4.69) is 26.6 Å². The first-order chi connectivity index (χ1) is 11.8. The first kappa shape index (κ1) is 18.5. The van der Waals surface area contributed by atoms with Crippen LogP contribution in [-0.2, 0) is 0 Å². The van der Waals surface area contributed by atoms with Crippen LogP contribution in [0.4, 0.5) is 10.1 Å². The van der Waals surface area contributed by atoms with Crippen LogP contribution in [0, 0.1) is 5.82 Å². The van der Waals surface area contributed by atoms with Crippen LogP contribution in [0.15, 0.2) is 40.9 Å². The van der Waals surface area contributed by atoms with Gasteiger partial charge in [-0.1, -0.05) is 45.2 Å². The number of benzene rings is 2. The van der Waals surface area contributed by atoms with Crippen molar-refractivity contribution in [2.45, 2.75) is 0 Å². The minimum absolute atomic E-state index is 0.0298. The van der Waals surface area contributed by atoms with E-state index in [1.165, 1.54) is 23.5 Å². The van der Waals surface area contributed by atoms with Gasteiger partial charge in [0.1, 0.15) is 10.7 Å². The van der Waals surface area contributed by atoms with Crippen LogP contribution in [0.2, 0.25) is 10.0 Å². The van der Waals surface area contributed by atoms with Gasteiger partial charge >= 0.3 is 0 Å². The van der Waals surface area contributed by atoms with E-state index in [-0.39, 0.29) is 10.8 Å². The maximum atomic E-state index is 13.8. The van der Waals surface area contributed by atoms with Crippen molar-refractivity contribution >= 4 is 89.5 Å². The van der Waals surface area contributed by atoms with Crippen molar-refractivity contribution in [3.63, 3.8) is 0 Å². The molecule has 1 aromatic heterocycles. The van der Waals surface area contributed by atoms with Crippen molar-refractivity contribution in [2.24, 2.45) is 0 Å². The number of hydrogen-bond donors (Lipinski definition) is 2. The van der Waals surface area contributed by atoms with Crippen LogP contribution < -0.4 is 10.6 Å². The molecule has 0 aliphatic heterocycles. The summed E-state index contributed by atoms with van der Waals surface area (Å²) in [5, 5.41) is 6.73. The molecule has 0 saturated carbocycles. The van der Waals surface area contributed by atoms with Crippen molar-refractivity contribution in [1.82, 2.24) is 5.32 Å². The molecule has 0 fully saturated rings. The zero-order valence-electron chi connectivity index (χ0n) is 12.2. The number of thiophene rings is 1. The Kier molecular flexibility index (Phi) is 5.60. The SMILES string of the molecule is O=C(NC(=S)Nc1ccc(Br)cc1F)c1sc2cc(Cl)ccc2c1Cl. The van der Waals surface area contributed by atoms with Gasteiger partial charge in [-0.3, -0.25) is 10.1 Å². The highest BCUT2D eigenvalue weighted by atomic mass is 79.9. The Morgan fingerprint density at radius 3 is 2.68 bits per heavy atom. The zero-order chi connectivity index (χ0) is 18.1. The Bertz CT molecular complexity index is 1010. The van der Waals surface area contributed by atoms with Crippen molar-refractivity contribution in [3.05, 3.63) is 61.6 Å². The minimum atomic E-state index is -0.500. The summed E-state index contributed by atoms with van der Waals surface area (Å²) in [7, 11) is 0. The van der Waals surface area contributed by atoms with Gasteiger partial charge in [0.2, 0.25) is 0 Å². The Morgan fingerprint density at radius 2 is 1.96 bits per heavy atom. The number of carbonyl (C=O) groups excluding carboxylic acids is 1. The topological polar surface area (TPSA) is 41.1 Å². The number of nitrogens with one attached hydrogen (secondary N) is 2. The Morgan fingerprint density at radius 1 is 1.20 bits per heavy atom. The summed E-state index contributed by atoms with van der Waals surface area (Å²) in [4.78, 5) is 12.7. The van der Waals surface area contributed by atoms with Crippen molar-refractivity contribution in [2.75, 3.05) is 5.32 Å². The standard InChI is InChI=1S/C16H8BrCl2FN2OS2/c17-7-1-4-11(10(20)5-7)21-16(24)22-15(23)14-13(19)9-3-2-8(18)6-12(9)25-14/h1-6H,(H2,21,22,23,24). The monoisotopic (exact) mass is 476 g/mol. The molecule has 0 atom stereocenters. The Hall–Kier alpha value is -1.25. The Balaban J connectivity index is 1.77. The van der Waals surface area contributed by atoms with Crippen LogP contribution in [0.3, 0.4) is 0 Å². The lowest BCUT2D eigenvalue weighted by Crippen LogP contribution is -2.34. The maximum Gasteiger partial charge on any atom is 0.269 e. The highest BCUT2D eigenvalue weighted by molar-refractivity contribution is 9.10. The molecule has 0 spiro atoms. The van der Waals surface area contributed by atoms with Gasteiger partial charge in [0.15, 0.2) is 5.11 Å². The molecule has 1 amide bonds. The fourth-order valence-corrected chi connectivity index (χ4v) is 4.31. The third-order valence-electron chi connectivity index (χ3n) is 3.20. The van der Waals surface area contributed by atoms with Crippen LogP contribution in [-0.4, -0.2) is 11.0 Å². The lowest BCUT2D eigenvalue weighted by atomic mass is 10.2. The number of thiocarbonyl (C=S) groups is 1. The van der Waals surface area contributed by atoms with Crippen molar-refractivity contribution < 1.29 is 9.18 Å². The van der Waals surface area contributed by atoms with E-state index in [4.69, 9.17) is 35.4 Å². The molecule has 0 saturated heterocycles. The fourth-order valence-electron chi connectivity index (χ4n) is 2.09. The predicted octanol–water partition coefficient (Wildman–Crippen LogP) is 6.24. The predicted molar refractivity (Wildman–Crippen MR) is 110 cm³/mol. The zero-order valence-corrected chi connectivity index (χ0v) is 16.9. The number of halogens is 4. The summed E-state index contributed by atoms with van der Waals surface area (Å²) < 4.78 is 15.2. The molecule has 2 aromatic carbocycles. The minimum Gasteiger partial charge on any atom is -0.330 e. The number of anilines is 1. The first-order valence-corrected chi connectivity index (χ1v) is 9.57. The lowest BCUT2D eigenvalue weighted by molar-refractivity contribution is 0.0982. The summed E-state index contributed by atoms with van der Waals surface area (Å²) in [6, 6.07) is 9.64. The average molecular weight is 478 g/mol. The molecule has 9 heteroatoms. The highest BCUT2D eigenvalue weighted by Crippen LogP contribution is 2.36. The number of hydrogen-bond acceptors (Lipinski definition) is 3. The average Bonchev–Trinajstić information content (AvgIpc) is 2.86. The van der Waals surface area contributed by atoms with Crippen LogP contribution >= 0.6 is 62.7 Å². The van der Waals surface area contributed by atoms with E-state index in [1.54, 1.807) is 24.3 Å². The smallest absolute Gasteiger partial charge is 0.269 e. The van der Waals surface area contributed by atoms with Crippen LogP contribution in [0.1, 0.15) is 9.67 Å². The van der Waals surface area contributed by atoms with E-state index < -0.39 is 11.7 Å². The van der Waals surface area contributed by atoms with E-state index >= 15 is 0 Å². The number of amides is 1. The van der Waals surface area contributed by atoms with Gasteiger partial charge in [-0.25, -0.2) is 4.39 Å². The number of rotatable bonds is 2. The van der Waals surface area contributed by atoms with Gasteiger partial charge in [0, 0.05) is 19.6 Å². The van der Waals surface area contributed by atoms with Crippen molar-refractivity contribution in [3.8, 4) is 0 Å². The molecule has 0 radical (unpaired) electrons. The summed E-state index contributed by atoms with van der Waals surface area (Å²) in [6.07, 6.45) is 0. The number of fused-ring (bicyclic) bond motifs is 1. The normalized spacial score (nSPS) is 10.7. The van der Waals surface area contributed by atoms with Gasteiger partial charge in [-0.2, -0.15) is 0 Å². The third kappa shape index (κ3) is 4.12. The second kappa shape index (κ2) is 7.55. The molecular formula is C16H8BrCl2FN2OS2. The molecular weight excluding hydrogens is 470 g/mol. The molecule has 0 aliphatic rings. The van der Waals surface area contributed by atoms with Gasteiger partial charge < -0.3 is 5.32 Å². The van der Waals surface area contributed by atoms with Gasteiger partial charge in [-0.15, -0.1) is 11.3 Å². The summed E-state index contributed by atoms with van der Waals surface area (Å²) in [5.74, 6) is -0.974. The van der Waals surface area contributed by atoms with E-state index in [0.29, 0.717) is 19.4 Å². The van der Waals surface area contributed by atoms with Crippen LogP contribution in [0.25, 0.3) is 10.1 Å². The molecule has 0 unspecified atom stereocenters. The Labute approximate surface area is 170 Å². The fraction of sp³-hybridized carbons (Fsp3) is 0. The molecule has 0 aliphatic carbocycles. The summed E-state index contributed by atoms with van der Waals surface area (Å²) >= 11 is 21.7. The second-order valence-corrected chi connectivity index (χ2v) is 8.11. The van der Waals surface area contributed by atoms with Gasteiger partial charge in [0.05, 0.1) is 10.7 Å². The van der Waals surface area contributed by atoms with E-state index in [1.807, 2.05) is 0 Å². The molecule has 25 heavy (non-hydrogen) atoms. The first-order valence-electron chi connectivity index (χ1n) is 6.80. The van der Waals surface area contributed by atoms with E-state index in [9.17, 15) is 9.18 Å². The maximum absolute atomic E-state index is 13.8. The molecule has 0 bridgehead atoms. The molecule has 3 nitrogen and oxygen atoms in total. The lowest BCUT2D eigenvalue weighted by Gasteiger charge is -2.10. The molecule has 3 rings (SSSR count). The largest absolute Gasteiger partial charge is 0.330 e. The van der Waals surface area contributed by atoms with Crippen molar-refractivity contribution in [1.29, 1.82) is 0 Å². The van der Waals surface area contributed by atoms with Gasteiger partial charge in [0.25, 0.3) is 5.91 Å². The number of carbonyl (C=O) groups is 1.